The van der Waals surface area contributed by atoms with E-state index in [0.29, 0.717) is 0 Å². The summed E-state index contributed by atoms with van der Waals surface area (Å²) in [5, 5.41) is 0. The minimum absolute atomic E-state index is 0.848. The van der Waals surface area contributed by atoms with Crippen LogP contribution < -0.4 is 4.43 Å². The van der Waals surface area contributed by atoms with Gasteiger partial charge in [0.15, 0.2) is 0 Å². The van der Waals surface area contributed by atoms with Gasteiger partial charge in [0.25, 0.3) is 0 Å². The van der Waals surface area contributed by atoms with E-state index in [2.05, 4.69) is 6.58 Å². The van der Waals surface area contributed by atoms with Gasteiger partial charge in [0, 0.05) is 12.7 Å². The molecule has 14 heavy (non-hydrogen) atoms. The first-order chi connectivity index (χ1) is 6.59. The van der Waals surface area contributed by atoms with Crippen LogP contribution in [-0.2, 0) is 4.43 Å². The Morgan fingerprint density at radius 3 is 2.50 bits per heavy atom. The molecule has 0 fully saturated rings. The van der Waals surface area contributed by atoms with Crippen molar-refractivity contribution in [3.05, 3.63) is 36.4 Å². The predicted molar refractivity (Wildman–Crippen MR) is 61.7 cm³/mol. The summed E-state index contributed by atoms with van der Waals surface area (Å²) < 4.78 is 11.1. The second kappa shape index (κ2) is 4.44. The highest BCUT2D eigenvalue weighted by Crippen LogP contribution is 2.22. The molecule has 0 saturated heterocycles. The monoisotopic (exact) mass is 208 g/mol. The van der Waals surface area contributed by atoms with Crippen LogP contribution in [-0.4, -0.2) is 15.7 Å². The van der Waals surface area contributed by atoms with E-state index in [0.717, 1.165) is 11.3 Å². The quantitative estimate of drug-likeness (QED) is 0.708. The fourth-order valence-electron chi connectivity index (χ4n) is 1.05. The maximum atomic E-state index is 5.82. The Kier molecular flexibility index (Phi) is 3.49. The molecule has 0 unspecified atom stereocenters. The van der Waals surface area contributed by atoms with Gasteiger partial charge < -0.3 is 8.85 Å². The van der Waals surface area contributed by atoms with Gasteiger partial charge in [0.1, 0.15) is 5.75 Å². The highest BCUT2D eigenvalue weighted by molar-refractivity contribution is 6.65. The summed E-state index contributed by atoms with van der Waals surface area (Å²) in [6, 6.07) is 7.82. The molecule has 3 heteroatoms. The molecule has 0 aliphatic rings. The standard InChI is InChI=1S/C11H16O2Si/c1-5-10-8-6-7-9-11(10)13-14(3,4)12-2/h5-9H,1H2,2-4H3. The van der Waals surface area contributed by atoms with Gasteiger partial charge in [-0.1, -0.05) is 30.9 Å². The molecular weight excluding hydrogens is 192 g/mol. The van der Waals surface area contributed by atoms with E-state index in [4.69, 9.17) is 8.85 Å². The Hall–Kier alpha value is -1.06. The van der Waals surface area contributed by atoms with Crippen LogP contribution in [0.25, 0.3) is 6.08 Å². The number of hydrogen-bond acceptors (Lipinski definition) is 2. The van der Waals surface area contributed by atoms with Crippen molar-refractivity contribution in [3.63, 3.8) is 0 Å². The third-order valence-corrected chi connectivity index (χ3v) is 3.68. The molecule has 0 aromatic heterocycles. The van der Waals surface area contributed by atoms with Crippen molar-refractivity contribution >= 4 is 14.6 Å². The molecule has 0 aliphatic carbocycles. The predicted octanol–water partition coefficient (Wildman–Crippen LogP) is 3.06. The topological polar surface area (TPSA) is 18.5 Å². The normalized spacial score (nSPS) is 11.1. The molecule has 0 amide bonds. The largest absolute Gasteiger partial charge is 0.520 e. The number of para-hydroxylation sites is 1. The fourth-order valence-corrected chi connectivity index (χ4v) is 1.85. The van der Waals surface area contributed by atoms with Crippen molar-refractivity contribution in [2.75, 3.05) is 7.11 Å². The average Bonchev–Trinajstić information content (AvgIpc) is 2.18. The van der Waals surface area contributed by atoms with Gasteiger partial charge in [-0.2, -0.15) is 0 Å². The molecule has 1 aromatic rings. The van der Waals surface area contributed by atoms with Gasteiger partial charge in [-0.3, -0.25) is 0 Å². The van der Waals surface area contributed by atoms with Crippen molar-refractivity contribution < 1.29 is 8.85 Å². The van der Waals surface area contributed by atoms with Crippen molar-refractivity contribution in [2.45, 2.75) is 13.1 Å². The second-order valence-corrected chi connectivity index (χ2v) is 6.86. The van der Waals surface area contributed by atoms with E-state index < -0.39 is 8.56 Å². The second-order valence-electron chi connectivity index (χ2n) is 3.45. The lowest BCUT2D eigenvalue weighted by atomic mass is 10.2. The Labute approximate surface area is 86.4 Å². The van der Waals surface area contributed by atoms with Crippen LogP contribution in [0.3, 0.4) is 0 Å². The molecule has 0 radical (unpaired) electrons. The lowest BCUT2D eigenvalue weighted by Crippen LogP contribution is -2.37. The van der Waals surface area contributed by atoms with Gasteiger partial charge >= 0.3 is 8.56 Å². The fraction of sp³-hybridized carbons (Fsp3) is 0.273. The minimum atomic E-state index is -2.01. The summed E-state index contributed by atoms with van der Waals surface area (Å²) in [6.07, 6.45) is 1.79. The average molecular weight is 208 g/mol. The summed E-state index contributed by atoms with van der Waals surface area (Å²) >= 11 is 0. The van der Waals surface area contributed by atoms with Gasteiger partial charge in [0.05, 0.1) is 0 Å². The molecule has 0 N–H and O–H groups in total. The SMILES string of the molecule is C=Cc1ccccc1O[Si](C)(C)OC. The van der Waals surface area contributed by atoms with Gasteiger partial charge in [-0.25, -0.2) is 0 Å². The Morgan fingerprint density at radius 2 is 1.93 bits per heavy atom. The summed E-state index contributed by atoms with van der Waals surface area (Å²) in [5.41, 5.74) is 1.00. The van der Waals surface area contributed by atoms with Crippen molar-refractivity contribution in [2.24, 2.45) is 0 Å². The van der Waals surface area contributed by atoms with E-state index in [1.807, 2.05) is 37.4 Å². The lowest BCUT2D eigenvalue weighted by Gasteiger charge is -2.22. The first kappa shape index (κ1) is 11.0. The van der Waals surface area contributed by atoms with Crippen LogP contribution in [0.2, 0.25) is 13.1 Å². The molecule has 0 saturated carbocycles. The van der Waals surface area contributed by atoms with Crippen LogP contribution in [0.4, 0.5) is 0 Å². The minimum Gasteiger partial charge on any atom is -0.520 e. The molecule has 0 heterocycles. The van der Waals surface area contributed by atoms with Crippen LogP contribution in [0, 0.1) is 0 Å². The van der Waals surface area contributed by atoms with Crippen LogP contribution in [0.5, 0.6) is 5.75 Å². The zero-order valence-electron chi connectivity index (χ0n) is 8.91. The maximum absolute atomic E-state index is 5.82. The molecule has 76 valence electrons. The zero-order valence-corrected chi connectivity index (χ0v) is 9.91. The van der Waals surface area contributed by atoms with Gasteiger partial charge in [0.2, 0.25) is 0 Å². The third-order valence-electron chi connectivity index (χ3n) is 1.99. The van der Waals surface area contributed by atoms with E-state index >= 15 is 0 Å². The van der Waals surface area contributed by atoms with Crippen molar-refractivity contribution in [3.8, 4) is 5.75 Å². The summed E-state index contributed by atoms with van der Waals surface area (Å²) in [7, 11) is -0.330. The Morgan fingerprint density at radius 1 is 1.29 bits per heavy atom. The molecular formula is C11H16O2Si. The molecule has 1 rings (SSSR count). The highest BCUT2D eigenvalue weighted by Gasteiger charge is 2.25. The van der Waals surface area contributed by atoms with E-state index in [-0.39, 0.29) is 0 Å². The van der Waals surface area contributed by atoms with E-state index in [1.165, 1.54) is 0 Å². The lowest BCUT2D eigenvalue weighted by molar-refractivity contribution is 0.313. The molecule has 1 aromatic carbocycles. The highest BCUT2D eigenvalue weighted by atomic mass is 28.4. The smallest absolute Gasteiger partial charge is 0.392 e. The summed E-state index contributed by atoms with van der Waals surface area (Å²) in [4.78, 5) is 0. The first-order valence-electron chi connectivity index (χ1n) is 4.54. The summed E-state index contributed by atoms with van der Waals surface area (Å²) in [6.45, 7) is 7.76. The Bertz CT molecular complexity index is 321. The summed E-state index contributed by atoms with van der Waals surface area (Å²) in [5.74, 6) is 0.848. The van der Waals surface area contributed by atoms with Crippen molar-refractivity contribution in [1.82, 2.24) is 0 Å². The third kappa shape index (κ3) is 2.72. The number of hydrogen-bond donors (Lipinski definition) is 0. The maximum Gasteiger partial charge on any atom is 0.392 e. The van der Waals surface area contributed by atoms with Crippen molar-refractivity contribution in [1.29, 1.82) is 0 Å². The molecule has 0 aliphatic heterocycles. The Balaban J connectivity index is 2.91. The molecule has 0 spiro atoms. The van der Waals surface area contributed by atoms with Gasteiger partial charge in [-0.15, -0.1) is 0 Å². The number of rotatable bonds is 4. The molecule has 0 bridgehead atoms. The number of benzene rings is 1. The van der Waals surface area contributed by atoms with Gasteiger partial charge in [-0.05, 0) is 19.2 Å². The van der Waals surface area contributed by atoms with E-state index in [1.54, 1.807) is 13.2 Å². The van der Waals surface area contributed by atoms with Crippen LogP contribution in [0.15, 0.2) is 30.8 Å². The zero-order chi connectivity index (χ0) is 10.6. The molecule has 0 atom stereocenters. The van der Waals surface area contributed by atoms with E-state index in [9.17, 15) is 0 Å². The molecule has 2 nitrogen and oxygen atoms in total. The van der Waals surface area contributed by atoms with Crippen LogP contribution in [0.1, 0.15) is 5.56 Å². The van der Waals surface area contributed by atoms with Crippen LogP contribution >= 0.6 is 0 Å². The first-order valence-corrected chi connectivity index (χ1v) is 7.36.